The molecule has 0 aliphatic heterocycles. The van der Waals surface area contributed by atoms with Crippen molar-refractivity contribution in [3.05, 3.63) is 58.8 Å². The number of carbonyl (C=O) groups excluding carboxylic acids is 3. The molecule has 1 aliphatic carbocycles. The van der Waals surface area contributed by atoms with Gasteiger partial charge in [-0.25, -0.2) is 18.9 Å². The lowest BCUT2D eigenvalue weighted by Gasteiger charge is -2.36. The summed E-state index contributed by atoms with van der Waals surface area (Å²) in [5.74, 6) is -4.76. The number of hydrogen-bond donors (Lipinski definition) is 0. The van der Waals surface area contributed by atoms with Gasteiger partial charge in [0.1, 0.15) is 5.56 Å². The number of aromatic nitrogens is 4. The standard InChI is InChI=1S/C36H45F4N5O8/c1-21-8-10-23(11-9-21)32(46)45(25(18-49-5)19-50-6)29-15-28(37)30(14-26(29)33(47)51-7)53-31-27(36(38,39)40)13-22(16-41-31)12-24-17-44(43-42-24)20-52-34(48)35(2,3)4/h13-17,21,23,25H,8-12,18-20H2,1-7H3. The highest BCUT2D eigenvalue weighted by molar-refractivity contribution is 6.04. The van der Waals surface area contributed by atoms with Crippen molar-refractivity contribution in [2.75, 3.05) is 39.4 Å². The molecule has 4 rings (SSSR count). The molecule has 2 heterocycles. The topological polar surface area (TPSA) is 144 Å². The second-order valence-corrected chi connectivity index (χ2v) is 14.1. The molecule has 1 amide bonds. The summed E-state index contributed by atoms with van der Waals surface area (Å²) < 4.78 is 86.6. The van der Waals surface area contributed by atoms with Gasteiger partial charge in [0.05, 0.1) is 54.9 Å². The van der Waals surface area contributed by atoms with Gasteiger partial charge in [-0.15, -0.1) is 5.10 Å². The molecule has 13 nitrogen and oxygen atoms in total. The number of carbonyl (C=O) groups is 3. The van der Waals surface area contributed by atoms with Crippen LogP contribution in [0.1, 0.15) is 80.6 Å². The summed E-state index contributed by atoms with van der Waals surface area (Å²) >= 11 is 0. The van der Waals surface area contributed by atoms with E-state index in [4.69, 9.17) is 23.7 Å². The average molecular weight is 752 g/mol. The number of esters is 2. The van der Waals surface area contributed by atoms with E-state index in [2.05, 4.69) is 22.2 Å². The van der Waals surface area contributed by atoms with E-state index in [9.17, 15) is 27.6 Å². The van der Waals surface area contributed by atoms with Crippen LogP contribution in [0.15, 0.2) is 30.6 Å². The van der Waals surface area contributed by atoms with Gasteiger partial charge in [-0.3, -0.25) is 9.59 Å². The Bertz CT molecular complexity index is 1750. The van der Waals surface area contributed by atoms with Gasteiger partial charge in [-0.05, 0) is 64.0 Å². The molecule has 0 atom stereocenters. The molecule has 0 N–H and O–H groups in total. The van der Waals surface area contributed by atoms with Crippen LogP contribution in [0.4, 0.5) is 23.2 Å². The Morgan fingerprint density at radius 2 is 1.66 bits per heavy atom. The second-order valence-electron chi connectivity index (χ2n) is 14.1. The number of alkyl halides is 3. The first-order valence-electron chi connectivity index (χ1n) is 17.0. The Morgan fingerprint density at radius 3 is 2.25 bits per heavy atom. The summed E-state index contributed by atoms with van der Waals surface area (Å²) in [6.07, 6.45) is 0.141. The number of ether oxygens (including phenoxy) is 5. The van der Waals surface area contributed by atoms with Crippen LogP contribution < -0.4 is 9.64 Å². The third-order valence-corrected chi connectivity index (χ3v) is 8.73. The van der Waals surface area contributed by atoms with Crippen LogP contribution in [0.25, 0.3) is 0 Å². The highest BCUT2D eigenvalue weighted by Crippen LogP contribution is 2.40. The van der Waals surface area contributed by atoms with E-state index >= 15 is 4.39 Å². The van der Waals surface area contributed by atoms with Crippen LogP contribution in [-0.4, -0.2) is 78.4 Å². The fourth-order valence-electron chi connectivity index (χ4n) is 5.89. The summed E-state index contributed by atoms with van der Waals surface area (Å²) in [7, 11) is 3.91. The third-order valence-electron chi connectivity index (χ3n) is 8.73. The molecule has 290 valence electrons. The smallest absolute Gasteiger partial charge is 0.421 e. The van der Waals surface area contributed by atoms with Gasteiger partial charge in [0.25, 0.3) is 0 Å². The van der Waals surface area contributed by atoms with E-state index in [0.717, 1.165) is 44.3 Å². The fourth-order valence-corrected chi connectivity index (χ4v) is 5.89. The van der Waals surface area contributed by atoms with Crippen LogP contribution in [0.5, 0.6) is 11.6 Å². The summed E-state index contributed by atoms with van der Waals surface area (Å²) in [6, 6.07) is 1.72. The maximum Gasteiger partial charge on any atom is 0.421 e. The number of benzene rings is 1. The molecular weight excluding hydrogens is 706 g/mol. The minimum atomic E-state index is -4.99. The van der Waals surface area contributed by atoms with Crippen LogP contribution in [0.2, 0.25) is 0 Å². The van der Waals surface area contributed by atoms with Crippen LogP contribution in [-0.2, 0) is 47.9 Å². The Labute approximate surface area is 304 Å². The lowest BCUT2D eigenvalue weighted by Crippen LogP contribution is -2.49. The maximum atomic E-state index is 16.0. The monoisotopic (exact) mass is 751 g/mol. The molecule has 1 saturated carbocycles. The minimum absolute atomic E-state index is 0.0324. The van der Waals surface area contributed by atoms with Gasteiger partial charge in [0, 0.05) is 44.9 Å². The van der Waals surface area contributed by atoms with Crippen molar-refractivity contribution in [2.24, 2.45) is 17.3 Å². The third kappa shape index (κ3) is 10.5. The average Bonchev–Trinajstić information content (AvgIpc) is 3.55. The number of methoxy groups -OCH3 is 3. The predicted molar refractivity (Wildman–Crippen MR) is 182 cm³/mol. The van der Waals surface area contributed by atoms with Crippen molar-refractivity contribution in [1.82, 2.24) is 20.0 Å². The molecule has 0 spiro atoms. The van der Waals surface area contributed by atoms with E-state index in [1.807, 2.05) is 0 Å². The molecule has 0 bridgehead atoms. The van der Waals surface area contributed by atoms with Crippen molar-refractivity contribution < 1.29 is 55.6 Å². The van der Waals surface area contributed by atoms with E-state index in [1.165, 1.54) is 30.0 Å². The van der Waals surface area contributed by atoms with Crippen LogP contribution in [0.3, 0.4) is 0 Å². The predicted octanol–water partition coefficient (Wildman–Crippen LogP) is 6.37. The Kier molecular flexibility index (Phi) is 13.5. The molecule has 1 fully saturated rings. The SMILES string of the molecule is COCC(COC)N(C(=O)C1CCC(C)CC1)c1cc(F)c(Oc2ncc(Cc3cn(COC(=O)C(C)(C)C)nn3)cc2C(F)(F)F)cc1C(=O)OC. The van der Waals surface area contributed by atoms with E-state index in [0.29, 0.717) is 18.8 Å². The highest BCUT2D eigenvalue weighted by Gasteiger charge is 2.38. The number of amides is 1. The van der Waals surface area contributed by atoms with Crippen LogP contribution >= 0.6 is 0 Å². The second kappa shape index (κ2) is 17.5. The molecule has 1 aromatic carbocycles. The molecular formula is C36H45F4N5O8. The van der Waals surface area contributed by atoms with Crippen molar-refractivity contribution >= 4 is 23.5 Å². The Balaban J connectivity index is 1.68. The zero-order chi connectivity index (χ0) is 39.1. The maximum absolute atomic E-state index is 16.0. The summed E-state index contributed by atoms with van der Waals surface area (Å²) in [6.45, 7) is 6.82. The van der Waals surface area contributed by atoms with Crippen LogP contribution in [0, 0.1) is 23.1 Å². The normalized spacial score (nSPS) is 16.4. The number of pyridine rings is 1. The molecule has 17 heteroatoms. The number of hydrogen-bond acceptors (Lipinski definition) is 11. The quantitative estimate of drug-likeness (QED) is 0.134. The van der Waals surface area contributed by atoms with Crippen molar-refractivity contribution in [1.29, 1.82) is 0 Å². The molecule has 0 saturated heterocycles. The summed E-state index contributed by atoms with van der Waals surface area (Å²) in [5, 5.41) is 7.77. The summed E-state index contributed by atoms with van der Waals surface area (Å²) in [5.41, 5.74) is -2.25. The number of nitrogens with zero attached hydrogens (tertiary/aromatic N) is 5. The number of anilines is 1. The van der Waals surface area contributed by atoms with Gasteiger partial charge in [-0.1, -0.05) is 12.1 Å². The minimum Gasteiger partial charge on any atom is -0.465 e. The lowest BCUT2D eigenvalue weighted by molar-refractivity contribution is -0.157. The largest absolute Gasteiger partial charge is 0.465 e. The molecule has 1 aliphatic rings. The zero-order valence-electron chi connectivity index (χ0n) is 30.8. The van der Waals surface area contributed by atoms with Gasteiger partial charge in [0.15, 0.2) is 18.3 Å². The Morgan fingerprint density at radius 1 is 1.00 bits per heavy atom. The van der Waals surface area contributed by atoms with Gasteiger partial charge in [-0.2, -0.15) is 13.2 Å². The number of rotatable bonds is 14. The highest BCUT2D eigenvalue weighted by atomic mass is 19.4. The molecule has 2 aromatic heterocycles. The molecule has 0 unspecified atom stereocenters. The lowest BCUT2D eigenvalue weighted by atomic mass is 9.82. The first-order chi connectivity index (χ1) is 25.0. The first kappa shape index (κ1) is 41.1. The first-order valence-corrected chi connectivity index (χ1v) is 17.0. The molecule has 0 radical (unpaired) electrons. The van der Waals surface area contributed by atoms with Gasteiger partial charge >= 0.3 is 18.1 Å². The Hall–Kier alpha value is -4.64. The number of halogens is 4. The van der Waals surface area contributed by atoms with Crippen molar-refractivity contribution in [3.8, 4) is 11.6 Å². The van der Waals surface area contributed by atoms with E-state index in [1.54, 1.807) is 20.8 Å². The van der Waals surface area contributed by atoms with Crippen molar-refractivity contribution in [2.45, 2.75) is 78.7 Å². The van der Waals surface area contributed by atoms with Crippen molar-refractivity contribution in [3.63, 3.8) is 0 Å². The van der Waals surface area contributed by atoms with Gasteiger partial charge in [0.2, 0.25) is 11.8 Å². The zero-order valence-corrected chi connectivity index (χ0v) is 30.8. The molecule has 53 heavy (non-hydrogen) atoms. The van der Waals surface area contributed by atoms with E-state index < -0.39 is 58.5 Å². The molecule has 3 aromatic rings. The van der Waals surface area contributed by atoms with E-state index in [-0.39, 0.29) is 54.8 Å². The summed E-state index contributed by atoms with van der Waals surface area (Å²) in [4.78, 5) is 44.4. The van der Waals surface area contributed by atoms with Gasteiger partial charge < -0.3 is 28.6 Å². The fraction of sp³-hybridized carbons (Fsp3) is 0.556.